The van der Waals surface area contributed by atoms with Crippen LogP contribution in [0.25, 0.3) is 0 Å². The van der Waals surface area contributed by atoms with Crippen molar-refractivity contribution in [2.24, 2.45) is 5.84 Å². The van der Waals surface area contributed by atoms with Crippen LogP contribution in [-0.2, 0) is 12.8 Å². The third kappa shape index (κ3) is 5.10. The van der Waals surface area contributed by atoms with Gasteiger partial charge in [-0.2, -0.15) is 11.8 Å². The average molecular weight is 299 g/mol. The Balaban J connectivity index is 1.75. The molecule has 1 unspecified atom stereocenters. The Kier molecular flexibility index (Phi) is 6.71. The minimum atomic E-state index is 0.412. The fraction of sp³-hybridized carbons (Fsp3) is 0.733. The van der Waals surface area contributed by atoms with E-state index in [1.54, 1.807) is 0 Å². The Morgan fingerprint density at radius 3 is 2.68 bits per heavy atom. The molecule has 0 spiro atoms. The Morgan fingerprint density at radius 1 is 1.32 bits per heavy atom. The molecule has 0 bridgehead atoms. The summed E-state index contributed by atoms with van der Waals surface area (Å²) in [6.45, 7) is 2.22. The highest BCUT2D eigenvalue weighted by molar-refractivity contribution is 7.99. The van der Waals surface area contributed by atoms with Gasteiger partial charge in [-0.05, 0) is 37.8 Å². The van der Waals surface area contributed by atoms with Crippen molar-refractivity contribution in [3.05, 3.63) is 21.9 Å². The summed E-state index contributed by atoms with van der Waals surface area (Å²) < 4.78 is 0. The van der Waals surface area contributed by atoms with E-state index in [1.807, 2.05) is 11.3 Å². The third-order valence-corrected chi connectivity index (χ3v) is 6.62. The molecule has 0 amide bonds. The standard InChI is InChI=1S/C15H26N2S2/c1-2-13-8-9-15(19-13)10-12(17-16)11-18-14-6-4-3-5-7-14/h8-9,12,14,17H,2-7,10-11,16H2,1H3. The molecule has 1 heterocycles. The molecule has 0 aliphatic heterocycles. The lowest BCUT2D eigenvalue weighted by Crippen LogP contribution is -2.39. The Bertz CT molecular complexity index is 359. The van der Waals surface area contributed by atoms with Crippen molar-refractivity contribution in [2.45, 2.75) is 63.2 Å². The number of hydrogen-bond donors (Lipinski definition) is 2. The van der Waals surface area contributed by atoms with Crippen LogP contribution in [0.5, 0.6) is 0 Å². The monoisotopic (exact) mass is 298 g/mol. The van der Waals surface area contributed by atoms with Gasteiger partial charge in [0.1, 0.15) is 0 Å². The predicted molar refractivity (Wildman–Crippen MR) is 87.8 cm³/mol. The largest absolute Gasteiger partial charge is 0.271 e. The maximum atomic E-state index is 5.72. The van der Waals surface area contributed by atoms with E-state index < -0.39 is 0 Å². The lowest BCUT2D eigenvalue weighted by molar-refractivity contribution is 0.513. The van der Waals surface area contributed by atoms with Crippen LogP contribution in [-0.4, -0.2) is 17.0 Å². The minimum absolute atomic E-state index is 0.412. The zero-order valence-electron chi connectivity index (χ0n) is 11.9. The Morgan fingerprint density at radius 2 is 2.05 bits per heavy atom. The van der Waals surface area contributed by atoms with Crippen molar-refractivity contribution in [3.8, 4) is 0 Å². The highest BCUT2D eigenvalue weighted by Crippen LogP contribution is 2.29. The van der Waals surface area contributed by atoms with Crippen LogP contribution in [0.3, 0.4) is 0 Å². The van der Waals surface area contributed by atoms with Crippen LogP contribution < -0.4 is 11.3 Å². The quantitative estimate of drug-likeness (QED) is 0.595. The van der Waals surface area contributed by atoms with Gasteiger partial charge in [0.2, 0.25) is 0 Å². The number of nitrogens with two attached hydrogens (primary N) is 1. The van der Waals surface area contributed by atoms with E-state index in [0.717, 1.165) is 23.8 Å². The molecule has 2 nitrogen and oxygen atoms in total. The van der Waals surface area contributed by atoms with Gasteiger partial charge in [-0.1, -0.05) is 26.2 Å². The normalized spacial score (nSPS) is 18.6. The van der Waals surface area contributed by atoms with Gasteiger partial charge < -0.3 is 0 Å². The van der Waals surface area contributed by atoms with Gasteiger partial charge in [0.05, 0.1) is 0 Å². The molecule has 4 heteroatoms. The first-order valence-electron chi connectivity index (χ1n) is 7.47. The molecule has 1 atom stereocenters. The topological polar surface area (TPSA) is 38.0 Å². The lowest BCUT2D eigenvalue weighted by atomic mass is 10.0. The fourth-order valence-electron chi connectivity index (χ4n) is 2.61. The average Bonchev–Trinajstić information content (AvgIpc) is 2.92. The minimum Gasteiger partial charge on any atom is -0.271 e. The van der Waals surface area contributed by atoms with Crippen LogP contribution in [0.15, 0.2) is 12.1 Å². The Labute approximate surface area is 125 Å². The summed E-state index contributed by atoms with van der Waals surface area (Å²) in [4.78, 5) is 2.94. The molecule has 1 aliphatic rings. The lowest BCUT2D eigenvalue weighted by Gasteiger charge is -2.23. The van der Waals surface area contributed by atoms with Crippen LogP contribution in [0.4, 0.5) is 0 Å². The zero-order chi connectivity index (χ0) is 13.5. The first kappa shape index (κ1) is 15.4. The summed E-state index contributed by atoms with van der Waals surface area (Å²) in [5.41, 5.74) is 3.00. The third-order valence-electron chi connectivity index (χ3n) is 3.83. The summed E-state index contributed by atoms with van der Waals surface area (Å²) in [5.74, 6) is 6.86. The highest BCUT2D eigenvalue weighted by Gasteiger charge is 2.16. The zero-order valence-corrected chi connectivity index (χ0v) is 13.5. The molecule has 19 heavy (non-hydrogen) atoms. The van der Waals surface area contributed by atoms with Crippen LogP contribution >= 0.6 is 23.1 Å². The van der Waals surface area contributed by atoms with Crippen molar-refractivity contribution < 1.29 is 0 Å². The summed E-state index contributed by atoms with van der Waals surface area (Å²) >= 11 is 4.06. The number of thiophene rings is 1. The summed E-state index contributed by atoms with van der Waals surface area (Å²) in [6, 6.07) is 4.93. The van der Waals surface area contributed by atoms with Crippen LogP contribution in [0.1, 0.15) is 48.8 Å². The van der Waals surface area contributed by atoms with Gasteiger partial charge in [-0.15, -0.1) is 11.3 Å². The molecule has 2 rings (SSSR count). The molecular weight excluding hydrogens is 272 g/mol. The molecule has 1 fully saturated rings. The van der Waals surface area contributed by atoms with Crippen molar-refractivity contribution >= 4 is 23.1 Å². The van der Waals surface area contributed by atoms with E-state index in [0.29, 0.717) is 6.04 Å². The van der Waals surface area contributed by atoms with Gasteiger partial charge >= 0.3 is 0 Å². The maximum Gasteiger partial charge on any atom is 0.0349 e. The number of thioether (sulfide) groups is 1. The SMILES string of the molecule is CCc1ccc(CC(CSC2CCCCC2)NN)s1. The molecule has 3 N–H and O–H groups in total. The van der Waals surface area contributed by atoms with E-state index in [4.69, 9.17) is 5.84 Å². The molecule has 1 aromatic heterocycles. The van der Waals surface area contributed by atoms with Crippen molar-refractivity contribution in [3.63, 3.8) is 0 Å². The molecule has 1 aromatic rings. The van der Waals surface area contributed by atoms with Gasteiger partial charge in [0.15, 0.2) is 0 Å². The van der Waals surface area contributed by atoms with Crippen LogP contribution in [0.2, 0.25) is 0 Å². The molecule has 0 aromatic carbocycles. The van der Waals surface area contributed by atoms with Crippen LogP contribution in [0, 0.1) is 0 Å². The Hall–Kier alpha value is -0.0300. The maximum absolute atomic E-state index is 5.72. The number of rotatable bonds is 7. The van der Waals surface area contributed by atoms with E-state index >= 15 is 0 Å². The van der Waals surface area contributed by atoms with E-state index in [9.17, 15) is 0 Å². The fourth-order valence-corrected chi connectivity index (χ4v) is 5.04. The number of hydrogen-bond acceptors (Lipinski definition) is 4. The molecule has 0 saturated heterocycles. The van der Waals surface area contributed by atoms with Crippen molar-refractivity contribution in [1.82, 2.24) is 5.43 Å². The first-order chi connectivity index (χ1) is 9.31. The van der Waals surface area contributed by atoms with Gasteiger partial charge in [-0.3, -0.25) is 11.3 Å². The number of hydrazine groups is 1. The first-order valence-corrected chi connectivity index (χ1v) is 9.33. The summed E-state index contributed by atoms with van der Waals surface area (Å²) in [7, 11) is 0. The van der Waals surface area contributed by atoms with Gasteiger partial charge in [0.25, 0.3) is 0 Å². The van der Waals surface area contributed by atoms with Gasteiger partial charge in [-0.25, -0.2) is 0 Å². The second-order valence-corrected chi connectivity index (χ2v) is 7.97. The van der Waals surface area contributed by atoms with E-state index in [-0.39, 0.29) is 0 Å². The van der Waals surface area contributed by atoms with Crippen molar-refractivity contribution in [2.75, 3.05) is 5.75 Å². The molecule has 108 valence electrons. The summed E-state index contributed by atoms with van der Waals surface area (Å²) in [6.07, 6.45) is 9.29. The van der Waals surface area contributed by atoms with E-state index in [2.05, 4.69) is 36.2 Å². The van der Waals surface area contributed by atoms with Gasteiger partial charge in [0, 0.05) is 26.8 Å². The second-order valence-electron chi connectivity index (χ2n) is 5.38. The molecule has 1 saturated carbocycles. The second kappa shape index (κ2) is 8.30. The number of nitrogens with one attached hydrogen (secondary N) is 1. The smallest absolute Gasteiger partial charge is 0.0349 e. The molecule has 1 aliphatic carbocycles. The molecular formula is C15H26N2S2. The summed E-state index contributed by atoms with van der Waals surface area (Å²) in [5, 5.41) is 0.874. The van der Waals surface area contributed by atoms with Crippen molar-refractivity contribution in [1.29, 1.82) is 0 Å². The van der Waals surface area contributed by atoms with E-state index in [1.165, 1.54) is 41.9 Å². The molecule has 0 radical (unpaired) electrons. The predicted octanol–water partition coefficient (Wildman–Crippen LogP) is 3.75. The highest BCUT2D eigenvalue weighted by atomic mass is 32.2. The number of aryl methyl sites for hydroxylation is 1.